The predicted octanol–water partition coefficient (Wildman–Crippen LogP) is 3.62. The van der Waals surface area contributed by atoms with Crippen molar-refractivity contribution < 1.29 is 9.53 Å². The Bertz CT molecular complexity index is 571. The molecule has 1 aliphatic carbocycles. The van der Waals surface area contributed by atoms with Crippen molar-refractivity contribution in [2.45, 2.75) is 44.1 Å². The average Bonchev–Trinajstić information content (AvgIpc) is 2.73. The summed E-state index contributed by atoms with van der Waals surface area (Å²) in [5.41, 5.74) is 2.43. The molecular weight excluding hydrogens is 286 g/mol. The van der Waals surface area contributed by atoms with Gasteiger partial charge in [-0.15, -0.1) is 0 Å². The van der Waals surface area contributed by atoms with Crippen LogP contribution in [0, 0.1) is 0 Å². The van der Waals surface area contributed by atoms with Crippen molar-refractivity contribution in [2.75, 3.05) is 7.05 Å². The van der Waals surface area contributed by atoms with Gasteiger partial charge < -0.3 is 10.1 Å². The van der Waals surface area contributed by atoms with Crippen molar-refractivity contribution in [3.63, 3.8) is 0 Å². The lowest BCUT2D eigenvalue weighted by molar-refractivity contribution is -0.149. The molecular formula is C17H20ClNO2. The summed E-state index contributed by atoms with van der Waals surface area (Å²) >= 11 is 5.91. The monoisotopic (exact) mass is 305 g/mol. The fourth-order valence-electron chi connectivity index (χ4n) is 3.49. The van der Waals surface area contributed by atoms with Crippen LogP contribution in [-0.2, 0) is 16.0 Å². The van der Waals surface area contributed by atoms with Crippen LogP contribution in [0.25, 0.3) is 0 Å². The van der Waals surface area contributed by atoms with E-state index >= 15 is 0 Å². The van der Waals surface area contributed by atoms with Gasteiger partial charge in [0, 0.05) is 18.5 Å². The number of carbonyl (C=O) groups excluding carboxylic acids is 1. The highest BCUT2D eigenvalue weighted by Crippen LogP contribution is 2.43. The summed E-state index contributed by atoms with van der Waals surface area (Å²) in [5.74, 6) is -0.170. The van der Waals surface area contributed by atoms with E-state index in [0.717, 1.165) is 42.5 Å². The Morgan fingerprint density at radius 3 is 2.48 bits per heavy atom. The molecule has 0 bridgehead atoms. The summed E-state index contributed by atoms with van der Waals surface area (Å²) in [6.45, 7) is 0. The molecule has 1 heterocycles. The molecule has 0 amide bonds. The van der Waals surface area contributed by atoms with Crippen LogP contribution < -0.4 is 5.32 Å². The van der Waals surface area contributed by atoms with Crippen LogP contribution in [-0.4, -0.2) is 18.6 Å². The predicted molar refractivity (Wildman–Crippen MR) is 83.1 cm³/mol. The summed E-state index contributed by atoms with van der Waals surface area (Å²) in [5, 5.41) is 3.95. The highest BCUT2D eigenvalue weighted by Gasteiger charge is 2.47. The molecule has 1 fully saturated rings. The van der Waals surface area contributed by atoms with E-state index in [4.69, 9.17) is 16.3 Å². The van der Waals surface area contributed by atoms with Crippen molar-refractivity contribution in [3.8, 4) is 0 Å². The van der Waals surface area contributed by atoms with Crippen LogP contribution in [0.15, 0.2) is 35.5 Å². The molecule has 0 radical (unpaired) electrons. The van der Waals surface area contributed by atoms with Crippen molar-refractivity contribution in [2.24, 2.45) is 0 Å². The van der Waals surface area contributed by atoms with E-state index in [9.17, 15) is 4.79 Å². The lowest BCUT2D eigenvalue weighted by atomic mass is 9.81. The third-order valence-electron chi connectivity index (χ3n) is 4.50. The second-order valence-corrected chi connectivity index (χ2v) is 6.29. The van der Waals surface area contributed by atoms with Gasteiger partial charge in [-0.05, 0) is 43.4 Å². The Kier molecular flexibility index (Phi) is 3.94. The van der Waals surface area contributed by atoms with E-state index in [2.05, 4.69) is 5.32 Å². The minimum absolute atomic E-state index is 0.170. The zero-order valence-electron chi connectivity index (χ0n) is 12.2. The maximum Gasteiger partial charge on any atom is 0.337 e. The van der Waals surface area contributed by atoms with Crippen molar-refractivity contribution in [1.82, 2.24) is 5.32 Å². The quantitative estimate of drug-likeness (QED) is 0.867. The summed E-state index contributed by atoms with van der Waals surface area (Å²) in [7, 11) is 1.88. The minimum atomic E-state index is -0.397. The molecule has 1 saturated carbocycles. The standard InChI is InChI=1S/C17H20ClNO2/c1-19-15-14(11-12-5-7-13(18)8-6-12)16(20)21-17(15)9-3-2-4-10-17/h5-8,19H,2-4,9-11H2,1H3. The number of nitrogens with one attached hydrogen (secondary N) is 1. The van der Waals surface area contributed by atoms with Crippen LogP contribution in [0.5, 0.6) is 0 Å². The molecule has 1 spiro atoms. The molecule has 112 valence electrons. The molecule has 4 heteroatoms. The highest BCUT2D eigenvalue weighted by molar-refractivity contribution is 6.30. The molecule has 3 rings (SSSR count). The first-order valence-electron chi connectivity index (χ1n) is 7.54. The van der Waals surface area contributed by atoms with Gasteiger partial charge in [-0.3, -0.25) is 0 Å². The van der Waals surface area contributed by atoms with Crippen LogP contribution in [0.3, 0.4) is 0 Å². The molecule has 1 aromatic carbocycles. The van der Waals surface area contributed by atoms with Crippen LogP contribution in [0.4, 0.5) is 0 Å². The molecule has 1 aliphatic heterocycles. The highest BCUT2D eigenvalue weighted by atomic mass is 35.5. The lowest BCUT2D eigenvalue weighted by Gasteiger charge is -2.34. The van der Waals surface area contributed by atoms with E-state index in [0.29, 0.717) is 11.4 Å². The number of benzene rings is 1. The SMILES string of the molecule is CNC1=C(Cc2ccc(Cl)cc2)C(=O)OC12CCCCC2. The van der Waals surface area contributed by atoms with Crippen molar-refractivity contribution in [3.05, 3.63) is 46.1 Å². The Hall–Kier alpha value is -1.48. The number of likely N-dealkylation sites (N-methyl/N-ethyl adjacent to an activating group) is 1. The Morgan fingerprint density at radius 1 is 1.19 bits per heavy atom. The van der Waals surface area contributed by atoms with E-state index < -0.39 is 5.60 Å². The molecule has 0 atom stereocenters. The second kappa shape index (κ2) is 5.72. The Labute approximate surface area is 130 Å². The van der Waals surface area contributed by atoms with Gasteiger partial charge in [0.2, 0.25) is 0 Å². The van der Waals surface area contributed by atoms with E-state index in [1.54, 1.807) is 0 Å². The smallest absolute Gasteiger partial charge is 0.337 e. The molecule has 2 aliphatic rings. The first-order chi connectivity index (χ1) is 10.1. The number of esters is 1. The van der Waals surface area contributed by atoms with Gasteiger partial charge in [0.05, 0.1) is 11.3 Å². The normalized spacial score (nSPS) is 20.8. The fourth-order valence-corrected chi connectivity index (χ4v) is 3.61. The number of rotatable bonds is 3. The molecule has 1 N–H and O–H groups in total. The van der Waals surface area contributed by atoms with E-state index in [-0.39, 0.29) is 5.97 Å². The zero-order chi connectivity index (χ0) is 14.9. The Morgan fingerprint density at radius 2 is 1.86 bits per heavy atom. The number of ether oxygens (including phenoxy) is 1. The molecule has 0 aromatic heterocycles. The number of carbonyl (C=O) groups is 1. The summed E-state index contributed by atoms with van der Waals surface area (Å²) < 4.78 is 5.80. The van der Waals surface area contributed by atoms with E-state index in [1.807, 2.05) is 31.3 Å². The summed E-state index contributed by atoms with van der Waals surface area (Å²) in [4.78, 5) is 12.3. The van der Waals surface area contributed by atoms with E-state index in [1.165, 1.54) is 6.42 Å². The first-order valence-corrected chi connectivity index (χ1v) is 7.91. The van der Waals surface area contributed by atoms with Crippen LogP contribution in [0.2, 0.25) is 5.02 Å². The lowest BCUT2D eigenvalue weighted by Crippen LogP contribution is -2.38. The number of hydrogen-bond donors (Lipinski definition) is 1. The van der Waals surface area contributed by atoms with Gasteiger partial charge in [0.1, 0.15) is 0 Å². The van der Waals surface area contributed by atoms with Gasteiger partial charge in [0.15, 0.2) is 5.60 Å². The minimum Gasteiger partial charge on any atom is -0.449 e. The second-order valence-electron chi connectivity index (χ2n) is 5.85. The third-order valence-corrected chi connectivity index (χ3v) is 4.75. The maximum absolute atomic E-state index is 12.3. The molecule has 21 heavy (non-hydrogen) atoms. The largest absolute Gasteiger partial charge is 0.449 e. The van der Waals surface area contributed by atoms with Gasteiger partial charge in [0.25, 0.3) is 0 Å². The van der Waals surface area contributed by atoms with Gasteiger partial charge in [-0.25, -0.2) is 4.79 Å². The van der Waals surface area contributed by atoms with Gasteiger partial charge >= 0.3 is 5.97 Å². The zero-order valence-corrected chi connectivity index (χ0v) is 13.0. The van der Waals surface area contributed by atoms with Crippen LogP contribution >= 0.6 is 11.6 Å². The molecule has 3 nitrogen and oxygen atoms in total. The molecule has 0 saturated heterocycles. The molecule has 0 unspecified atom stereocenters. The number of halogens is 1. The fraction of sp³-hybridized carbons (Fsp3) is 0.471. The third kappa shape index (κ3) is 2.67. The summed E-state index contributed by atoms with van der Waals surface area (Å²) in [6.07, 6.45) is 5.91. The average molecular weight is 306 g/mol. The first kappa shape index (κ1) is 14.5. The van der Waals surface area contributed by atoms with Gasteiger partial charge in [-0.1, -0.05) is 30.2 Å². The topological polar surface area (TPSA) is 38.3 Å². The summed E-state index contributed by atoms with van der Waals surface area (Å²) in [6, 6.07) is 7.63. The Balaban J connectivity index is 1.91. The maximum atomic E-state index is 12.3. The van der Waals surface area contributed by atoms with Crippen molar-refractivity contribution >= 4 is 17.6 Å². The van der Waals surface area contributed by atoms with Gasteiger partial charge in [-0.2, -0.15) is 0 Å². The number of hydrogen-bond acceptors (Lipinski definition) is 3. The molecule has 1 aromatic rings. The van der Waals surface area contributed by atoms with Crippen LogP contribution in [0.1, 0.15) is 37.7 Å². The van der Waals surface area contributed by atoms with Crippen molar-refractivity contribution in [1.29, 1.82) is 0 Å².